The second kappa shape index (κ2) is 4.08. The van der Waals surface area contributed by atoms with Gasteiger partial charge in [-0.25, -0.2) is 9.97 Å². The van der Waals surface area contributed by atoms with Gasteiger partial charge in [-0.05, 0) is 18.8 Å². The standard InChI is InChI=1S/C11H16BrN3/c1-9-5-10(14-8-13-9)15-4-3-11(2,6-12)7-15/h5,8H,3-4,6-7H2,1-2H3. The third kappa shape index (κ3) is 2.30. The zero-order valence-corrected chi connectivity index (χ0v) is 10.8. The monoisotopic (exact) mass is 269 g/mol. The summed E-state index contributed by atoms with van der Waals surface area (Å²) in [5.74, 6) is 1.06. The second-order valence-electron chi connectivity index (χ2n) is 4.63. The van der Waals surface area contributed by atoms with Gasteiger partial charge in [0.05, 0.1) is 0 Å². The molecular formula is C11H16BrN3. The van der Waals surface area contributed by atoms with Gasteiger partial charge in [0.15, 0.2) is 0 Å². The highest BCUT2D eigenvalue weighted by atomic mass is 79.9. The van der Waals surface area contributed by atoms with Crippen molar-refractivity contribution in [1.82, 2.24) is 9.97 Å². The molecule has 1 aromatic rings. The average Bonchev–Trinajstić information content (AvgIpc) is 2.62. The van der Waals surface area contributed by atoms with Crippen LogP contribution in [0.4, 0.5) is 5.82 Å². The van der Waals surface area contributed by atoms with E-state index in [0.717, 1.165) is 29.9 Å². The molecule has 1 atom stereocenters. The normalized spacial score (nSPS) is 25.9. The molecule has 1 aliphatic rings. The molecule has 0 saturated carbocycles. The summed E-state index contributed by atoms with van der Waals surface area (Å²) in [6.45, 7) is 6.49. The molecule has 0 bridgehead atoms. The van der Waals surface area contributed by atoms with Gasteiger partial charge in [-0.15, -0.1) is 0 Å². The molecule has 3 nitrogen and oxygen atoms in total. The number of anilines is 1. The minimum atomic E-state index is 0.388. The summed E-state index contributed by atoms with van der Waals surface area (Å²) in [5, 5.41) is 1.06. The van der Waals surface area contributed by atoms with Crippen molar-refractivity contribution in [3.05, 3.63) is 18.1 Å². The highest BCUT2D eigenvalue weighted by Gasteiger charge is 2.33. The van der Waals surface area contributed by atoms with Crippen molar-refractivity contribution in [2.24, 2.45) is 5.41 Å². The first-order valence-corrected chi connectivity index (χ1v) is 6.35. The van der Waals surface area contributed by atoms with Crippen molar-refractivity contribution in [3.63, 3.8) is 0 Å². The molecular weight excluding hydrogens is 254 g/mol. The summed E-state index contributed by atoms with van der Waals surface area (Å²) in [6.07, 6.45) is 2.87. The van der Waals surface area contributed by atoms with E-state index in [-0.39, 0.29) is 0 Å². The van der Waals surface area contributed by atoms with Gasteiger partial charge in [-0.1, -0.05) is 22.9 Å². The van der Waals surface area contributed by atoms with Gasteiger partial charge in [0.2, 0.25) is 0 Å². The Balaban J connectivity index is 2.14. The molecule has 2 rings (SSSR count). The van der Waals surface area contributed by atoms with E-state index in [1.807, 2.05) is 6.92 Å². The first kappa shape index (κ1) is 10.9. The molecule has 1 saturated heterocycles. The minimum Gasteiger partial charge on any atom is -0.356 e. The Morgan fingerprint density at radius 1 is 1.53 bits per heavy atom. The third-order valence-electron chi connectivity index (χ3n) is 2.99. The van der Waals surface area contributed by atoms with Crippen LogP contribution >= 0.6 is 15.9 Å². The van der Waals surface area contributed by atoms with Crippen LogP contribution in [0.5, 0.6) is 0 Å². The van der Waals surface area contributed by atoms with Crippen molar-refractivity contribution < 1.29 is 0 Å². The van der Waals surface area contributed by atoms with Crippen molar-refractivity contribution in [2.75, 3.05) is 23.3 Å². The first-order valence-electron chi connectivity index (χ1n) is 5.22. The van der Waals surface area contributed by atoms with Crippen LogP contribution in [-0.4, -0.2) is 28.4 Å². The molecule has 0 N–H and O–H groups in total. The molecule has 0 amide bonds. The minimum absolute atomic E-state index is 0.388. The summed E-state index contributed by atoms with van der Waals surface area (Å²) in [5.41, 5.74) is 1.42. The highest BCUT2D eigenvalue weighted by Crippen LogP contribution is 2.33. The predicted octanol–water partition coefficient (Wildman–Crippen LogP) is 2.40. The van der Waals surface area contributed by atoms with Crippen molar-refractivity contribution in [2.45, 2.75) is 20.3 Å². The maximum Gasteiger partial charge on any atom is 0.132 e. The Labute approximate surface area is 99.0 Å². The quantitative estimate of drug-likeness (QED) is 0.773. The summed E-state index contributed by atoms with van der Waals surface area (Å²) in [6, 6.07) is 2.06. The zero-order valence-electron chi connectivity index (χ0n) is 9.20. The van der Waals surface area contributed by atoms with Gasteiger partial charge in [0.1, 0.15) is 12.1 Å². The van der Waals surface area contributed by atoms with Crippen LogP contribution in [0.1, 0.15) is 19.0 Å². The summed E-state index contributed by atoms with van der Waals surface area (Å²) in [7, 11) is 0. The summed E-state index contributed by atoms with van der Waals surface area (Å²) < 4.78 is 0. The Hall–Kier alpha value is -0.640. The smallest absolute Gasteiger partial charge is 0.132 e. The second-order valence-corrected chi connectivity index (χ2v) is 5.19. The molecule has 0 aliphatic carbocycles. The molecule has 15 heavy (non-hydrogen) atoms. The number of aryl methyl sites for hydroxylation is 1. The first-order chi connectivity index (χ1) is 7.13. The fourth-order valence-electron chi connectivity index (χ4n) is 1.94. The van der Waals surface area contributed by atoms with Crippen LogP contribution in [-0.2, 0) is 0 Å². The SMILES string of the molecule is Cc1cc(N2CCC(C)(CBr)C2)ncn1. The van der Waals surface area contributed by atoms with Crippen LogP contribution in [0.3, 0.4) is 0 Å². The number of halogens is 1. The molecule has 0 radical (unpaired) electrons. The van der Waals surface area contributed by atoms with E-state index in [9.17, 15) is 0 Å². The van der Waals surface area contributed by atoms with Gasteiger partial charge in [0.25, 0.3) is 0 Å². The van der Waals surface area contributed by atoms with E-state index in [2.05, 4.69) is 43.8 Å². The maximum atomic E-state index is 4.32. The Morgan fingerprint density at radius 2 is 2.33 bits per heavy atom. The molecule has 2 heterocycles. The van der Waals surface area contributed by atoms with Crippen LogP contribution in [0, 0.1) is 12.3 Å². The molecule has 1 unspecified atom stereocenters. The van der Waals surface area contributed by atoms with Gasteiger partial charge in [0, 0.05) is 30.2 Å². The van der Waals surface area contributed by atoms with E-state index < -0.39 is 0 Å². The number of hydrogen-bond acceptors (Lipinski definition) is 3. The lowest BCUT2D eigenvalue weighted by Gasteiger charge is -2.22. The molecule has 1 aromatic heterocycles. The van der Waals surface area contributed by atoms with E-state index in [0.29, 0.717) is 5.41 Å². The largest absolute Gasteiger partial charge is 0.356 e. The van der Waals surface area contributed by atoms with E-state index in [1.165, 1.54) is 6.42 Å². The Morgan fingerprint density at radius 3 is 2.93 bits per heavy atom. The maximum absolute atomic E-state index is 4.32. The number of rotatable bonds is 2. The molecule has 1 aliphatic heterocycles. The van der Waals surface area contributed by atoms with Gasteiger partial charge < -0.3 is 4.90 Å². The Bertz CT molecular complexity index is 355. The lowest BCUT2D eigenvalue weighted by Crippen LogP contribution is -2.26. The lowest BCUT2D eigenvalue weighted by atomic mass is 9.93. The summed E-state index contributed by atoms with van der Waals surface area (Å²) >= 11 is 3.59. The fourth-order valence-corrected chi connectivity index (χ4v) is 2.40. The molecule has 82 valence electrons. The number of alkyl halides is 1. The van der Waals surface area contributed by atoms with Gasteiger partial charge in [-0.3, -0.25) is 0 Å². The number of nitrogens with zero attached hydrogens (tertiary/aromatic N) is 3. The molecule has 1 fully saturated rings. The number of hydrogen-bond donors (Lipinski definition) is 0. The van der Waals surface area contributed by atoms with Crippen molar-refractivity contribution in [1.29, 1.82) is 0 Å². The fraction of sp³-hybridized carbons (Fsp3) is 0.636. The topological polar surface area (TPSA) is 29.0 Å². The van der Waals surface area contributed by atoms with E-state index in [4.69, 9.17) is 0 Å². The van der Waals surface area contributed by atoms with Crippen molar-refractivity contribution in [3.8, 4) is 0 Å². The van der Waals surface area contributed by atoms with Gasteiger partial charge in [-0.2, -0.15) is 0 Å². The highest BCUT2D eigenvalue weighted by molar-refractivity contribution is 9.09. The Kier molecular flexibility index (Phi) is 2.96. The van der Waals surface area contributed by atoms with Crippen LogP contribution in [0.15, 0.2) is 12.4 Å². The van der Waals surface area contributed by atoms with Crippen LogP contribution in [0.2, 0.25) is 0 Å². The third-order valence-corrected chi connectivity index (χ3v) is 4.35. The zero-order chi connectivity index (χ0) is 10.9. The van der Waals surface area contributed by atoms with Crippen LogP contribution in [0.25, 0.3) is 0 Å². The van der Waals surface area contributed by atoms with Crippen LogP contribution < -0.4 is 4.90 Å². The number of aromatic nitrogens is 2. The van der Waals surface area contributed by atoms with E-state index in [1.54, 1.807) is 6.33 Å². The van der Waals surface area contributed by atoms with Gasteiger partial charge >= 0.3 is 0 Å². The molecule has 0 aromatic carbocycles. The predicted molar refractivity (Wildman–Crippen MR) is 65.5 cm³/mol. The summed E-state index contributed by atoms with van der Waals surface area (Å²) in [4.78, 5) is 10.8. The van der Waals surface area contributed by atoms with E-state index >= 15 is 0 Å². The molecule has 0 spiro atoms. The van der Waals surface area contributed by atoms with Crippen molar-refractivity contribution >= 4 is 21.7 Å². The average molecular weight is 270 g/mol. The lowest BCUT2D eigenvalue weighted by molar-refractivity contribution is 0.432. The molecule has 4 heteroatoms.